The molecule has 1 aromatic rings. The van der Waals surface area contributed by atoms with Crippen molar-refractivity contribution >= 4 is 29.9 Å². The van der Waals surface area contributed by atoms with Gasteiger partial charge in [-0.1, -0.05) is 32.8 Å². The summed E-state index contributed by atoms with van der Waals surface area (Å²) in [5, 5.41) is 7.02. The Labute approximate surface area is 194 Å². The van der Waals surface area contributed by atoms with Gasteiger partial charge in [0.25, 0.3) is 0 Å². The fraction of sp³-hybridized carbons (Fsp3) is 0.739. The van der Waals surface area contributed by atoms with Crippen LogP contribution in [0.2, 0.25) is 0 Å². The van der Waals surface area contributed by atoms with Crippen LogP contribution in [0.3, 0.4) is 0 Å². The fourth-order valence-electron chi connectivity index (χ4n) is 4.17. The van der Waals surface area contributed by atoms with Gasteiger partial charge in [-0.15, -0.1) is 24.0 Å². The van der Waals surface area contributed by atoms with E-state index in [9.17, 15) is 0 Å². The Balaban J connectivity index is 0.00000420. The first-order valence-electron chi connectivity index (χ1n) is 11.1. The van der Waals surface area contributed by atoms with Gasteiger partial charge >= 0.3 is 0 Å². The van der Waals surface area contributed by atoms with Gasteiger partial charge in [0.05, 0.1) is 0 Å². The quantitative estimate of drug-likeness (QED) is 0.189. The van der Waals surface area contributed by atoms with Crippen LogP contribution in [0, 0.1) is 11.3 Å². The zero-order valence-electron chi connectivity index (χ0n) is 18.7. The zero-order valence-corrected chi connectivity index (χ0v) is 21.1. The van der Waals surface area contributed by atoms with Gasteiger partial charge in [0, 0.05) is 51.2 Å². The van der Waals surface area contributed by atoms with Crippen molar-refractivity contribution in [3.8, 4) is 0 Å². The van der Waals surface area contributed by atoms with E-state index in [1.807, 2.05) is 18.5 Å². The molecule has 166 valence electrons. The van der Waals surface area contributed by atoms with E-state index >= 15 is 0 Å². The molecule has 1 heterocycles. The minimum Gasteiger partial charge on any atom is -0.382 e. The van der Waals surface area contributed by atoms with E-state index in [0.29, 0.717) is 17.3 Å². The van der Waals surface area contributed by atoms with Crippen LogP contribution in [-0.4, -0.2) is 43.8 Å². The lowest BCUT2D eigenvalue weighted by atomic mass is 9.83. The van der Waals surface area contributed by atoms with Gasteiger partial charge in [-0.05, 0) is 56.1 Å². The first kappa shape index (κ1) is 26.1. The number of hydrogen-bond donors (Lipinski definition) is 2. The normalized spacial score (nSPS) is 17.1. The van der Waals surface area contributed by atoms with Crippen LogP contribution in [-0.2, 0) is 4.74 Å². The van der Waals surface area contributed by atoms with Gasteiger partial charge < -0.3 is 15.4 Å². The van der Waals surface area contributed by atoms with E-state index in [1.165, 1.54) is 31.2 Å². The summed E-state index contributed by atoms with van der Waals surface area (Å²) in [5.74, 6) is 1.88. The molecule has 1 aliphatic rings. The second-order valence-corrected chi connectivity index (χ2v) is 8.37. The lowest BCUT2D eigenvalue weighted by Gasteiger charge is -2.28. The van der Waals surface area contributed by atoms with Gasteiger partial charge in [0.1, 0.15) is 0 Å². The van der Waals surface area contributed by atoms with Gasteiger partial charge in [-0.2, -0.15) is 0 Å². The number of nitrogens with zero attached hydrogens (tertiary/aromatic N) is 2. The SMILES string of the molecule is CCNC(=NCC1(CCOCC)CCCC1)NCC(c1cccnc1)C(C)C.I. The lowest BCUT2D eigenvalue weighted by molar-refractivity contribution is 0.107. The molecule has 5 nitrogen and oxygen atoms in total. The maximum atomic E-state index is 5.64. The minimum atomic E-state index is 0. The van der Waals surface area contributed by atoms with Gasteiger partial charge in [-0.3, -0.25) is 9.98 Å². The number of halogens is 1. The van der Waals surface area contributed by atoms with Crippen LogP contribution in [0.25, 0.3) is 0 Å². The van der Waals surface area contributed by atoms with Crippen molar-refractivity contribution in [3.05, 3.63) is 30.1 Å². The maximum Gasteiger partial charge on any atom is 0.191 e. The molecule has 29 heavy (non-hydrogen) atoms. The molecule has 1 aromatic heterocycles. The van der Waals surface area contributed by atoms with Gasteiger partial charge in [-0.25, -0.2) is 0 Å². The molecule has 1 saturated carbocycles. The monoisotopic (exact) mass is 516 g/mol. The largest absolute Gasteiger partial charge is 0.382 e. The molecule has 0 aromatic carbocycles. The minimum absolute atomic E-state index is 0. The first-order valence-corrected chi connectivity index (χ1v) is 11.1. The molecule has 2 rings (SSSR count). The third kappa shape index (κ3) is 8.79. The van der Waals surface area contributed by atoms with Crippen molar-refractivity contribution in [2.75, 3.05) is 32.8 Å². The molecule has 0 spiro atoms. The Morgan fingerprint density at radius 3 is 2.59 bits per heavy atom. The molecule has 1 fully saturated rings. The number of nitrogens with one attached hydrogen (secondary N) is 2. The summed E-state index contributed by atoms with van der Waals surface area (Å²) in [7, 11) is 0. The van der Waals surface area contributed by atoms with Crippen LogP contribution < -0.4 is 10.6 Å². The Hall–Kier alpha value is -0.890. The number of aliphatic imine (C=N–C) groups is 1. The summed E-state index contributed by atoms with van der Waals surface area (Å²) in [6.07, 6.45) is 10.1. The predicted molar refractivity (Wildman–Crippen MR) is 133 cm³/mol. The molecule has 2 N–H and O–H groups in total. The number of aromatic nitrogens is 1. The third-order valence-corrected chi connectivity index (χ3v) is 5.97. The molecular formula is C23H41IN4O. The Kier molecular flexibility index (Phi) is 12.8. The Morgan fingerprint density at radius 2 is 2.00 bits per heavy atom. The van der Waals surface area contributed by atoms with E-state index in [1.54, 1.807) is 0 Å². The van der Waals surface area contributed by atoms with Crippen LogP contribution in [0.4, 0.5) is 0 Å². The molecule has 0 saturated heterocycles. The molecule has 1 aliphatic carbocycles. The second-order valence-electron chi connectivity index (χ2n) is 8.37. The Morgan fingerprint density at radius 1 is 1.24 bits per heavy atom. The molecule has 6 heteroatoms. The van der Waals surface area contributed by atoms with E-state index in [4.69, 9.17) is 9.73 Å². The summed E-state index contributed by atoms with van der Waals surface area (Å²) in [6, 6.07) is 4.19. The van der Waals surface area contributed by atoms with Crippen LogP contribution in [0.15, 0.2) is 29.5 Å². The highest BCUT2D eigenvalue weighted by Crippen LogP contribution is 2.41. The van der Waals surface area contributed by atoms with Gasteiger partial charge in [0.15, 0.2) is 5.96 Å². The molecule has 1 unspecified atom stereocenters. The maximum absolute atomic E-state index is 5.64. The standard InChI is InChI=1S/C23H40N4O.HI/c1-5-25-22(26-17-21(19(3)4)20-10-9-14-24-16-20)27-18-23(11-7-8-12-23)13-15-28-6-2;/h9-10,14,16,19,21H,5-8,11-13,15,17-18H2,1-4H3,(H2,25,26,27);1H. The second kappa shape index (κ2) is 14.2. The fourth-order valence-corrected chi connectivity index (χ4v) is 4.17. The molecule has 0 aliphatic heterocycles. The van der Waals surface area contributed by atoms with Gasteiger partial charge in [0.2, 0.25) is 0 Å². The zero-order chi connectivity index (χ0) is 20.2. The van der Waals surface area contributed by atoms with E-state index in [-0.39, 0.29) is 24.0 Å². The van der Waals surface area contributed by atoms with E-state index in [2.05, 4.69) is 49.4 Å². The van der Waals surface area contributed by atoms with Crippen molar-refractivity contribution in [2.45, 2.75) is 65.7 Å². The Bertz CT molecular complexity index is 574. The van der Waals surface area contributed by atoms with Crippen molar-refractivity contribution in [3.63, 3.8) is 0 Å². The number of ether oxygens (including phenoxy) is 1. The topological polar surface area (TPSA) is 58.5 Å². The molecule has 0 radical (unpaired) electrons. The van der Waals surface area contributed by atoms with E-state index in [0.717, 1.165) is 45.2 Å². The average Bonchev–Trinajstić information content (AvgIpc) is 3.16. The third-order valence-electron chi connectivity index (χ3n) is 5.97. The summed E-state index contributed by atoms with van der Waals surface area (Å²) in [6.45, 7) is 13.0. The molecular weight excluding hydrogens is 475 g/mol. The van der Waals surface area contributed by atoms with Crippen molar-refractivity contribution in [2.24, 2.45) is 16.3 Å². The first-order chi connectivity index (χ1) is 13.6. The summed E-state index contributed by atoms with van der Waals surface area (Å²) >= 11 is 0. The van der Waals surface area contributed by atoms with E-state index < -0.39 is 0 Å². The predicted octanol–water partition coefficient (Wildman–Crippen LogP) is 4.98. The molecule has 1 atom stereocenters. The number of hydrogen-bond acceptors (Lipinski definition) is 3. The van der Waals surface area contributed by atoms with Crippen LogP contribution in [0.5, 0.6) is 0 Å². The highest BCUT2D eigenvalue weighted by molar-refractivity contribution is 14.0. The summed E-state index contributed by atoms with van der Waals surface area (Å²) < 4.78 is 5.64. The summed E-state index contributed by atoms with van der Waals surface area (Å²) in [5.41, 5.74) is 1.60. The number of pyridine rings is 1. The van der Waals surface area contributed by atoms with Crippen molar-refractivity contribution in [1.29, 1.82) is 0 Å². The molecule has 0 amide bonds. The smallest absolute Gasteiger partial charge is 0.191 e. The summed E-state index contributed by atoms with van der Waals surface area (Å²) in [4.78, 5) is 9.29. The lowest BCUT2D eigenvalue weighted by Crippen LogP contribution is -2.41. The highest BCUT2D eigenvalue weighted by atomic mass is 127. The van der Waals surface area contributed by atoms with Crippen LogP contribution >= 0.6 is 24.0 Å². The average molecular weight is 517 g/mol. The van der Waals surface area contributed by atoms with Crippen LogP contribution in [0.1, 0.15) is 71.3 Å². The van der Waals surface area contributed by atoms with Crippen molar-refractivity contribution in [1.82, 2.24) is 15.6 Å². The molecule has 0 bridgehead atoms. The highest BCUT2D eigenvalue weighted by Gasteiger charge is 2.33. The number of rotatable bonds is 11. The van der Waals surface area contributed by atoms with Crippen molar-refractivity contribution < 1.29 is 4.74 Å². The number of guanidine groups is 1.